The Morgan fingerprint density at radius 1 is 1.36 bits per heavy atom. The molecule has 142 valence electrons. The zero-order chi connectivity index (χ0) is 19.6. The average Bonchev–Trinajstić information content (AvgIpc) is 2.54. The van der Waals surface area contributed by atoms with Crippen LogP contribution in [0, 0.1) is 0 Å². The van der Waals surface area contributed by atoms with Gasteiger partial charge in [-0.2, -0.15) is 13.2 Å². The van der Waals surface area contributed by atoms with Crippen molar-refractivity contribution in [3.8, 4) is 5.75 Å². The molecule has 10 heteroatoms. The van der Waals surface area contributed by atoms with Crippen LogP contribution in [0.4, 0.5) is 13.2 Å². The summed E-state index contributed by atoms with van der Waals surface area (Å²) >= 11 is 0. The van der Waals surface area contributed by atoms with E-state index in [2.05, 4.69) is 5.32 Å². The summed E-state index contributed by atoms with van der Waals surface area (Å²) in [5.74, 6) is -2.28. The van der Waals surface area contributed by atoms with Gasteiger partial charge in [0, 0.05) is 6.61 Å². The number of alkyl halides is 3. The van der Waals surface area contributed by atoms with Gasteiger partial charge in [0.15, 0.2) is 0 Å². The normalized spacial score (nSPS) is 13.1. The summed E-state index contributed by atoms with van der Waals surface area (Å²) in [5.41, 5.74) is 6.56. The lowest BCUT2D eigenvalue weighted by Gasteiger charge is -2.18. The Morgan fingerprint density at radius 2 is 1.92 bits per heavy atom. The Kier molecular flexibility index (Phi) is 9.54. The molecule has 0 fully saturated rings. The number of nitrogens with two attached hydrogens (primary N) is 1. The summed E-state index contributed by atoms with van der Waals surface area (Å²) in [6, 6.07) is 6.65. The number of amides is 1. The molecular formula is C15H21F3N2O5. The third-order valence-electron chi connectivity index (χ3n) is 2.97. The van der Waals surface area contributed by atoms with Gasteiger partial charge in [0.2, 0.25) is 5.91 Å². The van der Waals surface area contributed by atoms with Crippen molar-refractivity contribution in [3.63, 3.8) is 0 Å². The van der Waals surface area contributed by atoms with E-state index in [1.54, 1.807) is 7.11 Å². The smallest absolute Gasteiger partial charge is 0.490 e. The number of benzene rings is 1. The zero-order valence-corrected chi connectivity index (χ0v) is 13.7. The first-order valence-electron chi connectivity index (χ1n) is 7.13. The molecule has 2 unspecified atom stereocenters. The number of rotatable bonds is 6. The van der Waals surface area contributed by atoms with E-state index < -0.39 is 18.2 Å². The second kappa shape index (κ2) is 10.5. The maximum Gasteiger partial charge on any atom is 0.490 e. The number of carbonyl (C=O) groups is 2. The number of methoxy groups -OCH3 is 1. The quantitative estimate of drug-likeness (QED) is 0.600. The Bertz CT molecular complexity index is 566. The number of aliphatic hydroxyl groups is 1. The minimum atomic E-state index is -5.08. The monoisotopic (exact) mass is 366 g/mol. The van der Waals surface area contributed by atoms with Crippen molar-refractivity contribution in [2.45, 2.75) is 31.6 Å². The maximum absolute atomic E-state index is 11.7. The van der Waals surface area contributed by atoms with Gasteiger partial charge in [-0.1, -0.05) is 12.1 Å². The van der Waals surface area contributed by atoms with Crippen molar-refractivity contribution in [1.82, 2.24) is 5.32 Å². The molecule has 0 aliphatic rings. The first kappa shape index (κ1) is 22.7. The maximum atomic E-state index is 11.7. The van der Waals surface area contributed by atoms with Crippen molar-refractivity contribution in [2.24, 2.45) is 5.73 Å². The molecule has 0 aromatic heterocycles. The van der Waals surface area contributed by atoms with Gasteiger partial charge in [-0.05, 0) is 31.0 Å². The lowest BCUT2D eigenvalue weighted by molar-refractivity contribution is -0.192. The van der Waals surface area contributed by atoms with E-state index in [1.807, 2.05) is 31.2 Å². The Balaban J connectivity index is 0.000000697. The molecule has 0 spiro atoms. The van der Waals surface area contributed by atoms with Crippen LogP contribution in [0.25, 0.3) is 0 Å². The molecule has 1 aromatic carbocycles. The van der Waals surface area contributed by atoms with Gasteiger partial charge in [-0.15, -0.1) is 0 Å². The van der Waals surface area contributed by atoms with Crippen LogP contribution in [-0.4, -0.2) is 48.0 Å². The van der Waals surface area contributed by atoms with Gasteiger partial charge in [0.25, 0.3) is 0 Å². The van der Waals surface area contributed by atoms with E-state index >= 15 is 0 Å². The fraction of sp³-hybridized carbons (Fsp3) is 0.467. The number of aliphatic carboxylic acids is 1. The summed E-state index contributed by atoms with van der Waals surface area (Å²) in [4.78, 5) is 20.6. The van der Waals surface area contributed by atoms with E-state index in [0.29, 0.717) is 0 Å². The average molecular weight is 366 g/mol. The molecule has 2 atom stereocenters. The number of nitrogens with one attached hydrogen (secondary N) is 1. The van der Waals surface area contributed by atoms with Crippen LogP contribution in [0.2, 0.25) is 0 Å². The number of hydrogen-bond acceptors (Lipinski definition) is 5. The summed E-state index contributed by atoms with van der Waals surface area (Å²) in [7, 11) is 1.60. The van der Waals surface area contributed by atoms with Crippen molar-refractivity contribution >= 4 is 11.9 Å². The number of carboxylic acid groups (broad SMARTS) is 1. The SMILES string of the molecule is COc1cccc(C(C)NC(=O)C(N)CCO)c1.O=C(O)C(F)(F)F. The first-order chi connectivity index (χ1) is 11.5. The second-order valence-electron chi connectivity index (χ2n) is 4.93. The summed E-state index contributed by atoms with van der Waals surface area (Å²) in [6.45, 7) is 1.78. The summed E-state index contributed by atoms with van der Waals surface area (Å²) in [6.07, 6.45) is -4.82. The summed E-state index contributed by atoms with van der Waals surface area (Å²) in [5, 5.41) is 18.7. The molecule has 7 nitrogen and oxygen atoms in total. The van der Waals surface area contributed by atoms with Crippen LogP contribution in [0.3, 0.4) is 0 Å². The molecule has 0 aliphatic heterocycles. The molecular weight excluding hydrogens is 345 g/mol. The van der Waals surface area contributed by atoms with E-state index in [0.717, 1.165) is 11.3 Å². The number of halogens is 3. The Hall–Kier alpha value is -2.33. The molecule has 25 heavy (non-hydrogen) atoms. The van der Waals surface area contributed by atoms with Crippen LogP contribution >= 0.6 is 0 Å². The molecule has 0 saturated heterocycles. The number of carbonyl (C=O) groups excluding carboxylic acids is 1. The summed E-state index contributed by atoms with van der Waals surface area (Å²) < 4.78 is 36.9. The first-order valence-corrected chi connectivity index (χ1v) is 7.13. The number of ether oxygens (including phenoxy) is 1. The molecule has 0 saturated carbocycles. The topological polar surface area (TPSA) is 122 Å². The lowest BCUT2D eigenvalue weighted by Crippen LogP contribution is -2.42. The van der Waals surface area contributed by atoms with Crippen molar-refractivity contribution in [3.05, 3.63) is 29.8 Å². The molecule has 5 N–H and O–H groups in total. The Labute approximate surface area is 142 Å². The molecule has 0 radical (unpaired) electrons. The molecule has 1 amide bonds. The molecule has 1 aromatic rings. The van der Waals surface area contributed by atoms with Crippen LogP contribution in [-0.2, 0) is 9.59 Å². The predicted molar refractivity (Wildman–Crippen MR) is 82.9 cm³/mol. The van der Waals surface area contributed by atoms with E-state index in [-0.39, 0.29) is 25.0 Å². The highest BCUT2D eigenvalue weighted by atomic mass is 19.4. The highest BCUT2D eigenvalue weighted by Crippen LogP contribution is 2.18. The number of carboxylic acids is 1. The standard InChI is InChI=1S/C13H20N2O3.C2HF3O2/c1-9(15-13(17)12(14)6-7-16)10-4-3-5-11(8-10)18-2;3-2(4,5)1(6)7/h3-5,8-9,12,16H,6-7,14H2,1-2H3,(H,15,17);(H,6,7). The van der Waals surface area contributed by atoms with E-state index in [1.165, 1.54) is 0 Å². The van der Waals surface area contributed by atoms with Crippen LogP contribution in [0.5, 0.6) is 5.75 Å². The highest BCUT2D eigenvalue weighted by molar-refractivity contribution is 5.81. The third kappa shape index (κ3) is 8.91. The van der Waals surface area contributed by atoms with Crippen LogP contribution in [0.15, 0.2) is 24.3 Å². The fourth-order valence-corrected chi connectivity index (χ4v) is 1.58. The highest BCUT2D eigenvalue weighted by Gasteiger charge is 2.38. The molecule has 0 aliphatic carbocycles. The minimum absolute atomic E-state index is 0.0951. The van der Waals surface area contributed by atoms with Gasteiger partial charge >= 0.3 is 12.1 Å². The van der Waals surface area contributed by atoms with Crippen molar-refractivity contribution < 1.29 is 37.7 Å². The van der Waals surface area contributed by atoms with Crippen molar-refractivity contribution in [2.75, 3.05) is 13.7 Å². The molecule has 0 heterocycles. The predicted octanol–water partition coefficient (Wildman–Crippen LogP) is 1.22. The van der Waals surface area contributed by atoms with Gasteiger partial charge < -0.3 is 26.0 Å². The molecule has 0 bridgehead atoms. The number of hydrogen-bond donors (Lipinski definition) is 4. The zero-order valence-electron chi connectivity index (χ0n) is 13.7. The lowest BCUT2D eigenvalue weighted by atomic mass is 10.1. The van der Waals surface area contributed by atoms with E-state index in [9.17, 15) is 18.0 Å². The third-order valence-corrected chi connectivity index (χ3v) is 2.97. The largest absolute Gasteiger partial charge is 0.497 e. The molecule has 1 rings (SSSR count). The van der Waals surface area contributed by atoms with Gasteiger partial charge in [-0.25, -0.2) is 4.79 Å². The minimum Gasteiger partial charge on any atom is -0.497 e. The van der Waals surface area contributed by atoms with Crippen LogP contribution < -0.4 is 15.8 Å². The van der Waals surface area contributed by atoms with Gasteiger partial charge in [-0.3, -0.25) is 4.79 Å². The second-order valence-corrected chi connectivity index (χ2v) is 4.93. The van der Waals surface area contributed by atoms with Gasteiger partial charge in [0.05, 0.1) is 19.2 Å². The number of aliphatic hydroxyl groups excluding tert-OH is 1. The van der Waals surface area contributed by atoms with Crippen molar-refractivity contribution in [1.29, 1.82) is 0 Å². The van der Waals surface area contributed by atoms with Gasteiger partial charge in [0.1, 0.15) is 5.75 Å². The van der Waals surface area contributed by atoms with E-state index in [4.69, 9.17) is 25.5 Å². The Morgan fingerprint density at radius 3 is 2.36 bits per heavy atom. The van der Waals surface area contributed by atoms with Crippen LogP contribution in [0.1, 0.15) is 24.9 Å². The fourth-order valence-electron chi connectivity index (χ4n) is 1.58.